The molecular formula is C30H26F2N2O4. The van der Waals surface area contributed by atoms with Gasteiger partial charge in [-0.15, -0.1) is 0 Å². The highest BCUT2D eigenvalue weighted by molar-refractivity contribution is 5.74. The minimum Gasteiger partial charge on any atom is -0.481 e. The van der Waals surface area contributed by atoms with Gasteiger partial charge in [-0.1, -0.05) is 60.7 Å². The highest BCUT2D eigenvalue weighted by atomic mass is 19.1. The van der Waals surface area contributed by atoms with Crippen molar-refractivity contribution < 1.29 is 28.2 Å². The number of carboxylic acids is 1. The molecule has 194 valence electrons. The van der Waals surface area contributed by atoms with Crippen LogP contribution in [-0.4, -0.2) is 29.1 Å². The second-order valence-electron chi connectivity index (χ2n) is 9.11. The molecule has 0 saturated carbocycles. The van der Waals surface area contributed by atoms with Crippen LogP contribution in [0.3, 0.4) is 0 Å². The molecule has 3 aromatic carbocycles. The standard InChI is InChI=1S/C30H26F2N2O4/c31-25-15-23(34-14-13-22(17-34)30(35)36)16-26(32)28(25)24-11-12-27(37-18-20-7-3-1-4-8-20)33-29(24)38-19-21-9-5-2-6-10-21/h1-12,15-16,22H,13-14,17-19H2,(H,35,36)/t22-/m1/s1. The number of hydrogen-bond acceptors (Lipinski definition) is 5. The van der Waals surface area contributed by atoms with E-state index >= 15 is 8.78 Å². The van der Waals surface area contributed by atoms with Crippen molar-refractivity contribution in [2.24, 2.45) is 5.92 Å². The van der Waals surface area contributed by atoms with Crippen molar-refractivity contribution in [3.05, 3.63) is 108 Å². The van der Waals surface area contributed by atoms with E-state index in [4.69, 9.17) is 9.47 Å². The number of benzene rings is 3. The van der Waals surface area contributed by atoms with E-state index in [1.165, 1.54) is 18.2 Å². The van der Waals surface area contributed by atoms with Gasteiger partial charge in [-0.05, 0) is 35.7 Å². The number of pyridine rings is 1. The molecule has 5 rings (SSSR count). The molecule has 1 atom stereocenters. The fourth-order valence-corrected chi connectivity index (χ4v) is 4.46. The molecule has 1 N–H and O–H groups in total. The van der Waals surface area contributed by atoms with Gasteiger partial charge in [0.2, 0.25) is 11.8 Å². The maximum absolute atomic E-state index is 15.4. The van der Waals surface area contributed by atoms with Crippen LogP contribution < -0.4 is 14.4 Å². The number of ether oxygens (including phenoxy) is 2. The lowest BCUT2D eigenvalue weighted by atomic mass is 10.0. The molecule has 6 nitrogen and oxygen atoms in total. The quantitative estimate of drug-likeness (QED) is 0.290. The van der Waals surface area contributed by atoms with Crippen LogP contribution in [0.4, 0.5) is 14.5 Å². The summed E-state index contributed by atoms with van der Waals surface area (Å²) >= 11 is 0. The largest absolute Gasteiger partial charge is 0.481 e. The van der Waals surface area contributed by atoms with Gasteiger partial charge in [0, 0.05) is 24.8 Å². The zero-order valence-corrected chi connectivity index (χ0v) is 20.5. The predicted molar refractivity (Wildman–Crippen MR) is 139 cm³/mol. The van der Waals surface area contributed by atoms with Gasteiger partial charge in [-0.3, -0.25) is 4.79 Å². The summed E-state index contributed by atoms with van der Waals surface area (Å²) in [5.41, 5.74) is 2.00. The van der Waals surface area contributed by atoms with Gasteiger partial charge in [0.25, 0.3) is 0 Å². The molecule has 0 radical (unpaired) electrons. The van der Waals surface area contributed by atoms with E-state index in [9.17, 15) is 9.90 Å². The van der Waals surface area contributed by atoms with E-state index in [0.29, 0.717) is 18.7 Å². The van der Waals surface area contributed by atoms with Gasteiger partial charge < -0.3 is 19.5 Å². The fourth-order valence-electron chi connectivity index (χ4n) is 4.46. The zero-order chi connectivity index (χ0) is 26.5. The van der Waals surface area contributed by atoms with Crippen LogP contribution in [0.2, 0.25) is 0 Å². The third kappa shape index (κ3) is 5.75. The van der Waals surface area contributed by atoms with Crippen LogP contribution >= 0.6 is 0 Å². The summed E-state index contributed by atoms with van der Waals surface area (Å²) in [6.07, 6.45) is 0.423. The van der Waals surface area contributed by atoms with E-state index in [-0.39, 0.29) is 42.6 Å². The topological polar surface area (TPSA) is 71.9 Å². The molecule has 1 aromatic heterocycles. The highest BCUT2D eigenvalue weighted by Crippen LogP contribution is 2.37. The Balaban J connectivity index is 1.44. The summed E-state index contributed by atoms with van der Waals surface area (Å²) in [6.45, 7) is 1.04. The number of hydrogen-bond donors (Lipinski definition) is 1. The third-order valence-electron chi connectivity index (χ3n) is 6.48. The number of halogens is 2. The normalized spacial score (nSPS) is 14.9. The molecule has 38 heavy (non-hydrogen) atoms. The van der Waals surface area contributed by atoms with Crippen molar-refractivity contribution in [3.8, 4) is 22.9 Å². The monoisotopic (exact) mass is 516 g/mol. The van der Waals surface area contributed by atoms with Crippen LogP contribution in [0, 0.1) is 17.6 Å². The highest BCUT2D eigenvalue weighted by Gasteiger charge is 2.29. The van der Waals surface area contributed by atoms with Gasteiger partial charge in [-0.2, -0.15) is 4.98 Å². The zero-order valence-electron chi connectivity index (χ0n) is 20.5. The molecule has 2 heterocycles. The summed E-state index contributed by atoms with van der Waals surface area (Å²) in [4.78, 5) is 17.4. The lowest BCUT2D eigenvalue weighted by Crippen LogP contribution is -2.23. The van der Waals surface area contributed by atoms with Gasteiger partial charge in [-0.25, -0.2) is 8.78 Å². The summed E-state index contributed by atoms with van der Waals surface area (Å²) in [7, 11) is 0. The van der Waals surface area contributed by atoms with Gasteiger partial charge in [0.05, 0.1) is 17.0 Å². The van der Waals surface area contributed by atoms with Crippen LogP contribution in [-0.2, 0) is 18.0 Å². The van der Waals surface area contributed by atoms with E-state index in [0.717, 1.165) is 11.1 Å². The lowest BCUT2D eigenvalue weighted by molar-refractivity contribution is -0.140. The Bertz CT molecular complexity index is 1390. The summed E-state index contributed by atoms with van der Waals surface area (Å²) in [5.74, 6) is -2.75. The molecule has 1 aliphatic heterocycles. The minimum absolute atomic E-state index is 0.0390. The first-order chi connectivity index (χ1) is 18.5. The number of anilines is 1. The van der Waals surface area contributed by atoms with Crippen molar-refractivity contribution in [2.45, 2.75) is 19.6 Å². The van der Waals surface area contributed by atoms with Crippen molar-refractivity contribution in [3.63, 3.8) is 0 Å². The van der Waals surface area contributed by atoms with Gasteiger partial charge in [0.1, 0.15) is 24.8 Å². The molecule has 0 aliphatic carbocycles. The first-order valence-electron chi connectivity index (χ1n) is 12.3. The first-order valence-corrected chi connectivity index (χ1v) is 12.3. The molecule has 0 unspecified atom stereocenters. The van der Waals surface area contributed by atoms with Crippen LogP contribution in [0.25, 0.3) is 11.1 Å². The van der Waals surface area contributed by atoms with E-state index in [1.54, 1.807) is 11.0 Å². The predicted octanol–water partition coefficient (Wildman–Crippen LogP) is 6.10. The number of nitrogens with zero attached hydrogens (tertiary/aromatic N) is 2. The molecular weight excluding hydrogens is 490 g/mol. The van der Waals surface area contributed by atoms with E-state index < -0.39 is 23.5 Å². The second-order valence-corrected chi connectivity index (χ2v) is 9.11. The second kappa shape index (κ2) is 11.3. The average Bonchev–Trinajstić information content (AvgIpc) is 3.43. The lowest BCUT2D eigenvalue weighted by Gasteiger charge is -2.20. The molecule has 1 aliphatic rings. The van der Waals surface area contributed by atoms with Crippen LogP contribution in [0.1, 0.15) is 17.5 Å². The summed E-state index contributed by atoms with van der Waals surface area (Å²) < 4.78 is 42.6. The molecule has 0 spiro atoms. The minimum atomic E-state index is -0.911. The Morgan fingerprint density at radius 1 is 0.895 bits per heavy atom. The maximum atomic E-state index is 15.4. The molecule has 0 amide bonds. The average molecular weight is 517 g/mol. The van der Waals surface area contributed by atoms with Crippen molar-refractivity contribution in [1.29, 1.82) is 0 Å². The number of aliphatic carboxylic acids is 1. The van der Waals surface area contributed by atoms with Crippen molar-refractivity contribution in [2.75, 3.05) is 18.0 Å². The Labute approximate surface area is 219 Å². The number of carbonyl (C=O) groups is 1. The number of rotatable bonds is 9. The van der Waals surface area contributed by atoms with E-state index in [1.807, 2.05) is 60.7 Å². The molecule has 1 saturated heterocycles. The van der Waals surface area contributed by atoms with Crippen LogP contribution in [0.5, 0.6) is 11.8 Å². The molecule has 0 bridgehead atoms. The van der Waals surface area contributed by atoms with Gasteiger partial charge in [0.15, 0.2) is 0 Å². The Morgan fingerprint density at radius 2 is 1.50 bits per heavy atom. The number of aromatic nitrogens is 1. The Hall–Kier alpha value is -4.46. The van der Waals surface area contributed by atoms with Crippen LogP contribution in [0.15, 0.2) is 84.9 Å². The fraction of sp³-hybridized carbons (Fsp3) is 0.200. The molecule has 1 fully saturated rings. The van der Waals surface area contributed by atoms with Crippen molar-refractivity contribution in [1.82, 2.24) is 4.98 Å². The third-order valence-corrected chi connectivity index (χ3v) is 6.48. The molecule has 8 heteroatoms. The Kier molecular flexibility index (Phi) is 7.49. The summed E-state index contributed by atoms with van der Waals surface area (Å²) in [6, 6.07) is 24.5. The number of carboxylic acid groups (broad SMARTS) is 1. The summed E-state index contributed by atoms with van der Waals surface area (Å²) in [5, 5.41) is 9.26. The molecule has 4 aromatic rings. The smallest absolute Gasteiger partial charge is 0.308 e. The first kappa shape index (κ1) is 25.2. The van der Waals surface area contributed by atoms with Gasteiger partial charge >= 0.3 is 5.97 Å². The Morgan fingerprint density at radius 3 is 2.08 bits per heavy atom. The SMILES string of the molecule is O=C(O)[C@@H]1CCN(c2cc(F)c(-c3ccc(OCc4ccccc4)nc3OCc3ccccc3)c(F)c2)C1. The maximum Gasteiger partial charge on any atom is 0.308 e. The van der Waals surface area contributed by atoms with Crippen molar-refractivity contribution >= 4 is 11.7 Å². The van der Waals surface area contributed by atoms with E-state index in [2.05, 4.69) is 4.98 Å².